The molecule has 1 aromatic rings. The molecule has 1 saturated carbocycles. The van der Waals surface area contributed by atoms with Crippen LogP contribution in [0, 0.1) is 0 Å². The standard InChI is InChI=1S/C14H18ClNO2/c1-16(12-4-2-3-5-13(12)17)14(18)10-6-8-11(15)9-7-10/h6-9,12-13,17H,2-5H2,1H3. The Morgan fingerprint density at radius 2 is 1.89 bits per heavy atom. The first kappa shape index (κ1) is 13.4. The lowest BCUT2D eigenvalue weighted by Crippen LogP contribution is -2.46. The van der Waals surface area contributed by atoms with Crippen molar-refractivity contribution in [1.82, 2.24) is 4.90 Å². The first-order valence-electron chi connectivity index (χ1n) is 6.30. The lowest BCUT2D eigenvalue weighted by Gasteiger charge is -2.35. The number of hydrogen-bond acceptors (Lipinski definition) is 2. The van der Waals surface area contributed by atoms with Gasteiger partial charge in [-0.3, -0.25) is 4.79 Å². The number of rotatable bonds is 2. The third-order valence-electron chi connectivity index (χ3n) is 3.60. The van der Waals surface area contributed by atoms with Crippen LogP contribution < -0.4 is 0 Å². The number of carbonyl (C=O) groups excluding carboxylic acids is 1. The second-order valence-electron chi connectivity index (χ2n) is 4.84. The van der Waals surface area contributed by atoms with Crippen molar-refractivity contribution < 1.29 is 9.90 Å². The van der Waals surface area contributed by atoms with Gasteiger partial charge < -0.3 is 10.0 Å². The van der Waals surface area contributed by atoms with Crippen molar-refractivity contribution in [1.29, 1.82) is 0 Å². The van der Waals surface area contributed by atoms with Crippen molar-refractivity contribution in [2.45, 2.75) is 37.8 Å². The summed E-state index contributed by atoms with van der Waals surface area (Å²) in [6.07, 6.45) is 3.36. The van der Waals surface area contributed by atoms with E-state index in [0.717, 1.165) is 25.7 Å². The molecule has 1 N–H and O–H groups in total. The molecule has 1 amide bonds. The third-order valence-corrected chi connectivity index (χ3v) is 3.85. The maximum absolute atomic E-state index is 12.3. The van der Waals surface area contributed by atoms with Crippen LogP contribution in [0.15, 0.2) is 24.3 Å². The maximum atomic E-state index is 12.3. The molecule has 0 radical (unpaired) electrons. The Bertz CT molecular complexity index is 418. The molecule has 1 aliphatic carbocycles. The van der Waals surface area contributed by atoms with E-state index in [4.69, 9.17) is 11.6 Å². The Kier molecular flexibility index (Phi) is 4.25. The SMILES string of the molecule is CN(C(=O)c1ccc(Cl)cc1)C1CCCCC1O. The van der Waals surface area contributed by atoms with Crippen molar-refractivity contribution in [2.24, 2.45) is 0 Å². The summed E-state index contributed by atoms with van der Waals surface area (Å²) in [5, 5.41) is 10.6. The molecule has 0 heterocycles. The number of amides is 1. The summed E-state index contributed by atoms with van der Waals surface area (Å²) in [5.74, 6) is -0.0578. The van der Waals surface area contributed by atoms with Gasteiger partial charge in [0.2, 0.25) is 0 Å². The van der Waals surface area contributed by atoms with Crippen LogP contribution in [0.4, 0.5) is 0 Å². The summed E-state index contributed by atoms with van der Waals surface area (Å²) in [7, 11) is 1.76. The first-order chi connectivity index (χ1) is 8.59. The van der Waals surface area contributed by atoms with Crippen LogP contribution in [0.5, 0.6) is 0 Å². The normalized spacial score (nSPS) is 23.7. The smallest absolute Gasteiger partial charge is 0.253 e. The zero-order chi connectivity index (χ0) is 13.1. The van der Waals surface area contributed by atoms with Crippen molar-refractivity contribution in [3.8, 4) is 0 Å². The van der Waals surface area contributed by atoms with Gasteiger partial charge in [0.25, 0.3) is 5.91 Å². The minimum Gasteiger partial charge on any atom is -0.391 e. The first-order valence-corrected chi connectivity index (χ1v) is 6.68. The number of halogens is 1. The van der Waals surface area contributed by atoms with Gasteiger partial charge in [0.05, 0.1) is 12.1 Å². The fourth-order valence-electron chi connectivity index (χ4n) is 2.49. The summed E-state index contributed by atoms with van der Waals surface area (Å²) in [5.41, 5.74) is 0.611. The van der Waals surface area contributed by atoms with Crippen molar-refractivity contribution >= 4 is 17.5 Å². The molecular weight excluding hydrogens is 250 g/mol. The fraction of sp³-hybridized carbons (Fsp3) is 0.500. The molecule has 4 heteroatoms. The highest BCUT2D eigenvalue weighted by molar-refractivity contribution is 6.30. The highest BCUT2D eigenvalue weighted by Gasteiger charge is 2.29. The average molecular weight is 268 g/mol. The van der Waals surface area contributed by atoms with E-state index in [2.05, 4.69) is 0 Å². The summed E-state index contributed by atoms with van der Waals surface area (Å²) < 4.78 is 0. The highest BCUT2D eigenvalue weighted by atomic mass is 35.5. The molecule has 0 aromatic heterocycles. The molecule has 0 spiro atoms. The van der Waals surface area contributed by atoms with Crippen molar-refractivity contribution in [3.05, 3.63) is 34.9 Å². The van der Waals surface area contributed by atoms with Gasteiger partial charge in [0.1, 0.15) is 0 Å². The minimum atomic E-state index is -0.403. The maximum Gasteiger partial charge on any atom is 0.253 e. The Labute approximate surface area is 112 Å². The lowest BCUT2D eigenvalue weighted by atomic mass is 9.91. The molecule has 2 unspecified atom stereocenters. The van der Waals surface area contributed by atoms with E-state index >= 15 is 0 Å². The molecule has 1 aliphatic rings. The van der Waals surface area contributed by atoms with E-state index in [0.29, 0.717) is 10.6 Å². The van der Waals surface area contributed by atoms with Crippen LogP contribution in [0.3, 0.4) is 0 Å². The molecule has 2 atom stereocenters. The number of hydrogen-bond donors (Lipinski definition) is 1. The van der Waals surface area contributed by atoms with Gasteiger partial charge >= 0.3 is 0 Å². The molecule has 2 rings (SSSR count). The van der Waals surface area contributed by atoms with Crippen LogP contribution in [-0.4, -0.2) is 35.1 Å². The van der Waals surface area contributed by atoms with Gasteiger partial charge in [0.15, 0.2) is 0 Å². The molecule has 3 nitrogen and oxygen atoms in total. The Balaban J connectivity index is 2.10. The quantitative estimate of drug-likeness (QED) is 0.895. The molecular formula is C14H18ClNO2. The number of aliphatic hydroxyl groups excluding tert-OH is 1. The molecule has 18 heavy (non-hydrogen) atoms. The molecule has 1 fully saturated rings. The van der Waals surface area contributed by atoms with E-state index in [-0.39, 0.29) is 11.9 Å². The highest BCUT2D eigenvalue weighted by Crippen LogP contribution is 2.23. The number of nitrogens with zero attached hydrogens (tertiary/aromatic N) is 1. The van der Waals surface area contributed by atoms with Crippen LogP contribution in [0.1, 0.15) is 36.0 Å². The Morgan fingerprint density at radius 1 is 1.28 bits per heavy atom. The fourth-order valence-corrected chi connectivity index (χ4v) is 2.62. The topological polar surface area (TPSA) is 40.5 Å². The van der Waals surface area contributed by atoms with Crippen LogP contribution in [0.25, 0.3) is 0 Å². The van der Waals surface area contributed by atoms with E-state index in [1.807, 2.05) is 0 Å². The van der Waals surface area contributed by atoms with Gasteiger partial charge in [-0.1, -0.05) is 24.4 Å². The van der Waals surface area contributed by atoms with Gasteiger partial charge in [-0.25, -0.2) is 0 Å². The lowest BCUT2D eigenvalue weighted by molar-refractivity contribution is 0.0268. The van der Waals surface area contributed by atoms with Crippen LogP contribution in [-0.2, 0) is 0 Å². The number of carbonyl (C=O) groups is 1. The zero-order valence-corrected chi connectivity index (χ0v) is 11.2. The summed E-state index contributed by atoms with van der Waals surface area (Å²) in [6.45, 7) is 0. The van der Waals surface area contributed by atoms with Crippen LogP contribution in [0.2, 0.25) is 5.02 Å². The molecule has 0 aliphatic heterocycles. The van der Waals surface area contributed by atoms with E-state index in [1.165, 1.54) is 0 Å². The minimum absolute atomic E-state index is 0.0578. The number of benzene rings is 1. The van der Waals surface area contributed by atoms with Crippen LogP contribution >= 0.6 is 11.6 Å². The molecule has 0 bridgehead atoms. The van der Waals surface area contributed by atoms with E-state index in [1.54, 1.807) is 36.2 Å². The second-order valence-corrected chi connectivity index (χ2v) is 5.28. The van der Waals surface area contributed by atoms with Gasteiger partial charge in [-0.2, -0.15) is 0 Å². The summed E-state index contributed by atoms with van der Waals surface area (Å²) in [4.78, 5) is 13.9. The van der Waals surface area contributed by atoms with Crippen molar-refractivity contribution in [3.63, 3.8) is 0 Å². The Morgan fingerprint density at radius 3 is 2.50 bits per heavy atom. The molecule has 0 saturated heterocycles. The van der Waals surface area contributed by atoms with Gasteiger partial charge in [-0.15, -0.1) is 0 Å². The van der Waals surface area contributed by atoms with Gasteiger partial charge in [-0.05, 0) is 37.1 Å². The molecule has 98 valence electrons. The van der Waals surface area contributed by atoms with E-state index in [9.17, 15) is 9.90 Å². The van der Waals surface area contributed by atoms with Crippen molar-refractivity contribution in [2.75, 3.05) is 7.05 Å². The van der Waals surface area contributed by atoms with Gasteiger partial charge in [0, 0.05) is 17.6 Å². The summed E-state index contributed by atoms with van der Waals surface area (Å²) in [6, 6.07) is 6.79. The molecule has 1 aromatic carbocycles. The third kappa shape index (κ3) is 2.85. The monoisotopic (exact) mass is 267 g/mol. The predicted molar refractivity (Wildman–Crippen MR) is 71.8 cm³/mol. The summed E-state index contributed by atoms with van der Waals surface area (Å²) >= 11 is 5.80. The second kappa shape index (κ2) is 5.72. The largest absolute Gasteiger partial charge is 0.391 e. The zero-order valence-electron chi connectivity index (χ0n) is 10.5. The van der Waals surface area contributed by atoms with E-state index < -0.39 is 6.10 Å². The number of likely N-dealkylation sites (N-methyl/N-ethyl adjacent to an activating group) is 1. The number of aliphatic hydroxyl groups is 1. The average Bonchev–Trinajstić information content (AvgIpc) is 2.38. The Hall–Kier alpha value is -1.06. The predicted octanol–water partition coefficient (Wildman–Crippen LogP) is 2.72.